The van der Waals surface area contributed by atoms with Crippen LogP contribution < -0.4 is 9.47 Å². The summed E-state index contributed by atoms with van der Waals surface area (Å²) < 4.78 is 10.1. The fourth-order valence-electron chi connectivity index (χ4n) is 1.18. The van der Waals surface area contributed by atoms with Crippen molar-refractivity contribution in [3.63, 3.8) is 0 Å². The zero-order chi connectivity index (χ0) is 13.4. The molecule has 0 heterocycles. The van der Waals surface area contributed by atoms with Gasteiger partial charge in [0.2, 0.25) is 0 Å². The minimum Gasteiger partial charge on any atom is -0.419 e. The standard InChI is InChI=1S/C14H14O4/c1-3-7-13(15)17-11-9-5-6-10-12(11)18-14(16)8-4-2/h3-10H,1-2H3. The summed E-state index contributed by atoms with van der Waals surface area (Å²) in [6.07, 6.45) is 5.70. The van der Waals surface area contributed by atoms with Crippen LogP contribution in [0.15, 0.2) is 48.6 Å². The minimum absolute atomic E-state index is 0.207. The van der Waals surface area contributed by atoms with Crippen molar-refractivity contribution in [2.24, 2.45) is 0 Å². The molecular weight excluding hydrogens is 232 g/mol. The molecule has 0 unspecified atom stereocenters. The van der Waals surface area contributed by atoms with Crippen molar-refractivity contribution in [1.29, 1.82) is 0 Å². The number of rotatable bonds is 4. The Morgan fingerprint density at radius 1 is 0.889 bits per heavy atom. The maximum Gasteiger partial charge on any atom is 0.335 e. The summed E-state index contributed by atoms with van der Waals surface area (Å²) >= 11 is 0. The number of hydrogen-bond donors (Lipinski definition) is 0. The summed E-state index contributed by atoms with van der Waals surface area (Å²) in [6, 6.07) is 6.48. The molecule has 4 heteroatoms. The van der Waals surface area contributed by atoms with Gasteiger partial charge in [0.25, 0.3) is 0 Å². The molecule has 0 aromatic heterocycles. The summed E-state index contributed by atoms with van der Waals surface area (Å²) in [5.41, 5.74) is 0. The number of allylic oxidation sites excluding steroid dienone is 2. The molecule has 18 heavy (non-hydrogen) atoms. The molecule has 1 aromatic carbocycles. The van der Waals surface area contributed by atoms with E-state index in [1.165, 1.54) is 12.2 Å². The molecule has 1 aromatic rings. The molecule has 0 saturated heterocycles. The normalized spacial score (nSPS) is 10.8. The van der Waals surface area contributed by atoms with Gasteiger partial charge in [0.05, 0.1) is 0 Å². The average Bonchev–Trinajstić information content (AvgIpc) is 2.32. The van der Waals surface area contributed by atoms with Gasteiger partial charge in [-0.25, -0.2) is 9.59 Å². The van der Waals surface area contributed by atoms with Gasteiger partial charge in [-0.1, -0.05) is 24.3 Å². The van der Waals surface area contributed by atoms with Crippen molar-refractivity contribution in [3.8, 4) is 11.5 Å². The van der Waals surface area contributed by atoms with E-state index < -0.39 is 11.9 Å². The van der Waals surface area contributed by atoms with Crippen molar-refractivity contribution in [1.82, 2.24) is 0 Å². The number of ether oxygens (including phenoxy) is 2. The van der Waals surface area contributed by atoms with Crippen molar-refractivity contribution >= 4 is 11.9 Å². The number of carbonyl (C=O) groups is 2. The molecule has 0 aliphatic rings. The second-order valence-electron chi connectivity index (χ2n) is 3.29. The maximum absolute atomic E-state index is 11.3. The highest BCUT2D eigenvalue weighted by molar-refractivity contribution is 5.86. The van der Waals surface area contributed by atoms with Crippen molar-refractivity contribution in [2.75, 3.05) is 0 Å². The first kappa shape index (κ1) is 13.7. The van der Waals surface area contributed by atoms with E-state index in [2.05, 4.69) is 0 Å². The number of esters is 2. The highest BCUT2D eigenvalue weighted by Crippen LogP contribution is 2.26. The lowest BCUT2D eigenvalue weighted by atomic mass is 10.3. The van der Waals surface area contributed by atoms with Gasteiger partial charge in [-0.15, -0.1) is 0 Å². The topological polar surface area (TPSA) is 52.6 Å². The van der Waals surface area contributed by atoms with Gasteiger partial charge < -0.3 is 9.47 Å². The molecule has 0 N–H and O–H groups in total. The van der Waals surface area contributed by atoms with Gasteiger partial charge in [0, 0.05) is 12.2 Å². The van der Waals surface area contributed by atoms with Gasteiger partial charge in [-0.05, 0) is 26.0 Å². The molecule has 0 atom stereocenters. The Hall–Kier alpha value is -2.36. The SMILES string of the molecule is CC=CC(=O)Oc1ccccc1OC(=O)C=CC. The summed E-state index contributed by atoms with van der Waals surface area (Å²) in [5.74, 6) is -0.629. The predicted octanol–water partition coefficient (Wildman–Crippen LogP) is 2.65. The first-order chi connectivity index (χ1) is 8.67. The maximum atomic E-state index is 11.3. The minimum atomic E-state index is -0.521. The quantitative estimate of drug-likeness (QED) is 0.465. The zero-order valence-electron chi connectivity index (χ0n) is 10.3. The first-order valence-corrected chi connectivity index (χ1v) is 5.45. The molecule has 1 rings (SSSR count). The number of para-hydroxylation sites is 2. The summed E-state index contributed by atoms with van der Waals surface area (Å²) in [6.45, 7) is 3.42. The third kappa shape index (κ3) is 4.25. The molecule has 94 valence electrons. The van der Waals surface area contributed by atoms with Crippen LogP contribution in [0, 0.1) is 0 Å². The van der Waals surface area contributed by atoms with Crippen LogP contribution in [0.3, 0.4) is 0 Å². The molecule has 0 aliphatic heterocycles. The fraction of sp³-hybridized carbons (Fsp3) is 0.143. The van der Waals surface area contributed by atoms with E-state index in [4.69, 9.17) is 9.47 Å². The second kappa shape index (κ2) is 7.06. The molecule has 0 radical (unpaired) electrons. The number of hydrogen-bond acceptors (Lipinski definition) is 4. The first-order valence-electron chi connectivity index (χ1n) is 5.45. The molecule has 4 nitrogen and oxygen atoms in total. The van der Waals surface area contributed by atoms with Gasteiger partial charge in [-0.2, -0.15) is 0 Å². The van der Waals surface area contributed by atoms with E-state index in [-0.39, 0.29) is 11.5 Å². The molecule has 0 bridgehead atoms. The van der Waals surface area contributed by atoms with Crippen molar-refractivity contribution in [2.45, 2.75) is 13.8 Å². The third-order valence-electron chi connectivity index (χ3n) is 1.88. The van der Waals surface area contributed by atoms with Crippen LogP contribution in [0.25, 0.3) is 0 Å². The van der Waals surface area contributed by atoms with Crippen LogP contribution in [0.4, 0.5) is 0 Å². The second-order valence-corrected chi connectivity index (χ2v) is 3.29. The Balaban J connectivity index is 2.85. The molecule has 0 fully saturated rings. The van der Waals surface area contributed by atoms with Crippen LogP contribution in [0.2, 0.25) is 0 Å². The average molecular weight is 246 g/mol. The Kier molecular flexibility index (Phi) is 5.38. The molecule has 0 aliphatic carbocycles. The zero-order valence-corrected chi connectivity index (χ0v) is 10.3. The van der Waals surface area contributed by atoms with E-state index in [0.29, 0.717) is 0 Å². The van der Waals surface area contributed by atoms with Crippen LogP contribution >= 0.6 is 0 Å². The van der Waals surface area contributed by atoms with Crippen molar-refractivity contribution in [3.05, 3.63) is 48.6 Å². The third-order valence-corrected chi connectivity index (χ3v) is 1.88. The highest BCUT2D eigenvalue weighted by Gasteiger charge is 2.09. The summed E-state index contributed by atoms with van der Waals surface area (Å²) in [5, 5.41) is 0. The van der Waals surface area contributed by atoms with Crippen LogP contribution in [0.5, 0.6) is 11.5 Å². The van der Waals surface area contributed by atoms with Crippen LogP contribution in [-0.2, 0) is 9.59 Å². The van der Waals surface area contributed by atoms with E-state index in [9.17, 15) is 9.59 Å². The highest BCUT2D eigenvalue weighted by atomic mass is 16.6. The van der Waals surface area contributed by atoms with E-state index >= 15 is 0 Å². The molecule has 0 spiro atoms. The lowest BCUT2D eigenvalue weighted by molar-refractivity contribution is -0.131. The molecular formula is C14H14O4. The Bertz CT molecular complexity index is 441. The van der Waals surface area contributed by atoms with E-state index in [1.807, 2.05) is 0 Å². The Morgan fingerprint density at radius 3 is 1.61 bits per heavy atom. The number of carbonyl (C=O) groups excluding carboxylic acids is 2. The Labute approximate surface area is 106 Å². The van der Waals surface area contributed by atoms with Crippen LogP contribution in [0.1, 0.15) is 13.8 Å². The van der Waals surface area contributed by atoms with Gasteiger partial charge in [0.1, 0.15) is 0 Å². The van der Waals surface area contributed by atoms with Gasteiger partial charge >= 0.3 is 11.9 Å². The largest absolute Gasteiger partial charge is 0.419 e. The fourth-order valence-corrected chi connectivity index (χ4v) is 1.18. The summed E-state index contributed by atoms with van der Waals surface area (Å²) in [7, 11) is 0. The lowest BCUT2D eigenvalue weighted by Gasteiger charge is -2.07. The molecule has 0 saturated carbocycles. The van der Waals surface area contributed by atoms with E-state index in [0.717, 1.165) is 0 Å². The smallest absolute Gasteiger partial charge is 0.335 e. The van der Waals surface area contributed by atoms with Crippen LogP contribution in [-0.4, -0.2) is 11.9 Å². The van der Waals surface area contributed by atoms with E-state index in [1.54, 1.807) is 50.3 Å². The van der Waals surface area contributed by atoms with Gasteiger partial charge in [-0.3, -0.25) is 0 Å². The number of benzene rings is 1. The Morgan fingerprint density at radius 2 is 1.28 bits per heavy atom. The van der Waals surface area contributed by atoms with Crippen molar-refractivity contribution < 1.29 is 19.1 Å². The monoisotopic (exact) mass is 246 g/mol. The lowest BCUT2D eigenvalue weighted by Crippen LogP contribution is -2.08. The van der Waals surface area contributed by atoms with Gasteiger partial charge in [0.15, 0.2) is 11.5 Å². The summed E-state index contributed by atoms with van der Waals surface area (Å²) in [4.78, 5) is 22.6. The molecule has 0 amide bonds. The predicted molar refractivity (Wildman–Crippen MR) is 67.3 cm³/mol.